The molecule has 0 bridgehead atoms. The van der Waals surface area contributed by atoms with Crippen LogP contribution in [0.3, 0.4) is 0 Å². The lowest BCUT2D eigenvalue weighted by Gasteiger charge is -2.28. The minimum Gasteiger partial charge on any atom is -0.493 e. The maximum atomic E-state index is 12.7. The highest BCUT2D eigenvalue weighted by molar-refractivity contribution is 6.03. The van der Waals surface area contributed by atoms with Crippen molar-refractivity contribution in [3.05, 3.63) is 53.4 Å². The van der Waals surface area contributed by atoms with Crippen LogP contribution >= 0.6 is 0 Å². The molecule has 3 aromatic rings. The van der Waals surface area contributed by atoms with Gasteiger partial charge < -0.3 is 29.4 Å². The van der Waals surface area contributed by atoms with E-state index in [2.05, 4.69) is 20.2 Å². The summed E-state index contributed by atoms with van der Waals surface area (Å²) in [6.07, 6.45) is 5.14. The molecule has 3 heterocycles. The van der Waals surface area contributed by atoms with Crippen molar-refractivity contribution in [2.45, 2.75) is 6.54 Å². The van der Waals surface area contributed by atoms with E-state index in [1.165, 1.54) is 0 Å². The van der Waals surface area contributed by atoms with Crippen LogP contribution in [0.5, 0.6) is 11.5 Å². The highest BCUT2D eigenvalue weighted by Gasteiger charge is 2.15. The molecule has 1 saturated heterocycles. The Balaban J connectivity index is 1.52. The van der Waals surface area contributed by atoms with Gasteiger partial charge in [-0.25, -0.2) is 4.98 Å². The molecule has 2 aromatic heterocycles. The summed E-state index contributed by atoms with van der Waals surface area (Å²) in [4.78, 5) is 22.5. The third kappa shape index (κ3) is 4.91. The van der Waals surface area contributed by atoms with E-state index < -0.39 is 5.91 Å². The van der Waals surface area contributed by atoms with E-state index in [4.69, 9.17) is 14.2 Å². The summed E-state index contributed by atoms with van der Waals surface area (Å²) < 4.78 is 15.9. The molecule has 4 rings (SSSR count). The van der Waals surface area contributed by atoms with Gasteiger partial charge >= 0.3 is 0 Å². The van der Waals surface area contributed by atoms with Crippen LogP contribution in [-0.2, 0) is 16.1 Å². The third-order valence-corrected chi connectivity index (χ3v) is 5.49. The first-order valence-corrected chi connectivity index (χ1v) is 10.5. The lowest BCUT2D eigenvalue weighted by atomic mass is 10.1. The predicted octanol–water partition coefficient (Wildman–Crippen LogP) is 2.64. The fraction of sp³-hybridized carbons (Fsp3) is 0.292. The van der Waals surface area contributed by atoms with E-state index in [1.807, 2.05) is 24.4 Å². The van der Waals surface area contributed by atoms with Crippen molar-refractivity contribution in [1.29, 1.82) is 5.26 Å². The number of pyridine rings is 1. The van der Waals surface area contributed by atoms with Gasteiger partial charge in [-0.1, -0.05) is 6.07 Å². The SMILES string of the molecule is COc1ccc(CNC(=O)/C(C#N)=C/c2c[nH]c3ncc(N4CCOCC4)cc23)cc1OC. The average molecular weight is 447 g/mol. The van der Waals surface area contributed by atoms with Gasteiger partial charge in [0.1, 0.15) is 17.3 Å². The summed E-state index contributed by atoms with van der Waals surface area (Å²) in [5, 5.41) is 13.2. The van der Waals surface area contributed by atoms with Gasteiger partial charge in [-0.15, -0.1) is 0 Å². The zero-order chi connectivity index (χ0) is 23.2. The molecule has 1 aliphatic rings. The second-order valence-corrected chi connectivity index (χ2v) is 7.47. The molecular weight excluding hydrogens is 422 g/mol. The number of hydrogen-bond acceptors (Lipinski definition) is 7. The number of rotatable bonds is 7. The van der Waals surface area contributed by atoms with Gasteiger partial charge in [-0.05, 0) is 29.8 Å². The standard InChI is InChI=1S/C24H25N5O4/c1-31-21-4-3-16(9-22(21)32-2)13-28-24(30)17(12-25)10-18-14-26-23-20(18)11-19(15-27-23)29-5-7-33-8-6-29/h3-4,9-11,14-15H,5-8,13H2,1-2H3,(H,26,27)(H,28,30)/b17-10+. The molecule has 9 heteroatoms. The summed E-state index contributed by atoms with van der Waals surface area (Å²) in [6, 6.07) is 9.41. The lowest BCUT2D eigenvalue weighted by molar-refractivity contribution is -0.117. The minimum atomic E-state index is -0.459. The summed E-state index contributed by atoms with van der Waals surface area (Å²) in [5.41, 5.74) is 3.24. The van der Waals surface area contributed by atoms with Crippen molar-refractivity contribution >= 4 is 28.7 Å². The van der Waals surface area contributed by atoms with Crippen molar-refractivity contribution in [3.63, 3.8) is 0 Å². The Kier molecular flexibility index (Phi) is 6.76. The fourth-order valence-corrected chi connectivity index (χ4v) is 3.70. The molecule has 9 nitrogen and oxygen atoms in total. The molecule has 170 valence electrons. The number of amides is 1. The molecule has 0 aliphatic carbocycles. The summed E-state index contributed by atoms with van der Waals surface area (Å²) in [6.45, 7) is 3.19. The van der Waals surface area contributed by atoms with Crippen molar-refractivity contribution in [3.8, 4) is 17.6 Å². The van der Waals surface area contributed by atoms with Crippen molar-refractivity contribution in [1.82, 2.24) is 15.3 Å². The first-order chi connectivity index (χ1) is 16.1. The van der Waals surface area contributed by atoms with Crippen LogP contribution < -0.4 is 19.7 Å². The molecular formula is C24H25N5O4. The van der Waals surface area contributed by atoms with Gasteiger partial charge in [-0.2, -0.15) is 5.26 Å². The number of nitrogens with zero attached hydrogens (tertiary/aromatic N) is 3. The number of anilines is 1. The summed E-state index contributed by atoms with van der Waals surface area (Å²) in [7, 11) is 3.12. The third-order valence-electron chi connectivity index (χ3n) is 5.49. The molecule has 1 aliphatic heterocycles. The fourth-order valence-electron chi connectivity index (χ4n) is 3.70. The second kappa shape index (κ2) is 10.1. The average Bonchev–Trinajstić information content (AvgIpc) is 3.27. The van der Waals surface area contributed by atoms with E-state index in [9.17, 15) is 10.1 Å². The number of aromatic amines is 1. The van der Waals surface area contributed by atoms with E-state index in [1.54, 1.807) is 38.6 Å². The molecule has 0 unspecified atom stereocenters. The zero-order valence-electron chi connectivity index (χ0n) is 18.6. The smallest absolute Gasteiger partial charge is 0.262 e. The molecule has 1 fully saturated rings. The Labute approximate surface area is 191 Å². The highest BCUT2D eigenvalue weighted by atomic mass is 16.5. The monoisotopic (exact) mass is 447 g/mol. The van der Waals surface area contributed by atoms with Crippen LogP contribution in [0.25, 0.3) is 17.1 Å². The van der Waals surface area contributed by atoms with Crippen LogP contribution in [0.15, 0.2) is 42.2 Å². The van der Waals surface area contributed by atoms with E-state index in [0.717, 1.165) is 35.3 Å². The van der Waals surface area contributed by atoms with Crippen LogP contribution in [0.2, 0.25) is 0 Å². The van der Waals surface area contributed by atoms with Gasteiger partial charge in [0.15, 0.2) is 11.5 Å². The first-order valence-electron chi connectivity index (χ1n) is 10.5. The molecule has 0 radical (unpaired) electrons. The number of fused-ring (bicyclic) bond motifs is 1. The molecule has 1 amide bonds. The number of nitrogens with one attached hydrogen (secondary N) is 2. The topological polar surface area (TPSA) is 112 Å². The minimum absolute atomic E-state index is 0.00755. The zero-order valence-corrected chi connectivity index (χ0v) is 18.6. The molecule has 1 aromatic carbocycles. The van der Waals surface area contributed by atoms with Gasteiger partial charge in [0.05, 0.1) is 39.3 Å². The van der Waals surface area contributed by atoms with Crippen LogP contribution in [0, 0.1) is 11.3 Å². The molecule has 0 saturated carbocycles. The van der Waals surface area contributed by atoms with Gasteiger partial charge in [0, 0.05) is 36.8 Å². The number of carbonyl (C=O) groups is 1. The van der Waals surface area contributed by atoms with Crippen molar-refractivity contribution in [2.24, 2.45) is 0 Å². The Morgan fingerprint density at radius 3 is 2.79 bits per heavy atom. The number of ether oxygens (including phenoxy) is 3. The predicted molar refractivity (Wildman–Crippen MR) is 124 cm³/mol. The maximum absolute atomic E-state index is 12.7. The quantitative estimate of drug-likeness (QED) is 0.423. The lowest BCUT2D eigenvalue weighted by Crippen LogP contribution is -2.36. The van der Waals surface area contributed by atoms with Gasteiger partial charge in [0.2, 0.25) is 0 Å². The summed E-state index contributed by atoms with van der Waals surface area (Å²) in [5.74, 6) is 0.719. The largest absolute Gasteiger partial charge is 0.493 e. The van der Waals surface area contributed by atoms with E-state index >= 15 is 0 Å². The number of methoxy groups -OCH3 is 2. The maximum Gasteiger partial charge on any atom is 0.262 e. The first kappa shape index (κ1) is 22.2. The number of hydrogen-bond donors (Lipinski definition) is 2. The number of benzene rings is 1. The number of nitriles is 1. The van der Waals surface area contributed by atoms with Gasteiger partial charge in [0.25, 0.3) is 5.91 Å². The molecule has 2 N–H and O–H groups in total. The summed E-state index contributed by atoms with van der Waals surface area (Å²) >= 11 is 0. The number of morpholine rings is 1. The van der Waals surface area contributed by atoms with Crippen molar-refractivity contribution < 1.29 is 19.0 Å². The molecule has 33 heavy (non-hydrogen) atoms. The molecule has 0 atom stereocenters. The van der Waals surface area contributed by atoms with Crippen LogP contribution in [-0.4, -0.2) is 56.4 Å². The Hall–Kier alpha value is -4.03. The van der Waals surface area contributed by atoms with Crippen LogP contribution in [0.4, 0.5) is 5.69 Å². The Morgan fingerprint density at radius 2 is 2.06 bits per heavy atom. The highest BCUT2D eigenvalue weighted by Crippen LogP contribution is 2.28. The molecule has 0 spiro atoms. The van der Waals surface area contributed by atoms with E-state index in [0.29, 0.717) is 30.4 Å². The number of aromatic nitrogens is 2. The van der Waals surface area contributed by atoms with Crippen LogP contribution in [0.1, 0.15) is 11.1 Å². The van der Waals surface area contributed by atoms with Gasteiger partial charge in [-0.3, -0.25) is 4.79 Å². The second-order valence-electron chi connectivity index (χ2n) is 7.47. The Bertz CT molecular complexity index is 1220. The normalized spacial score (nSPS) is 14.1. The van der Waals surface area contributed by atoms with Crippen molar-refractivity contribution in [2.75, 3.05) is 45.4 Å². The number of H-pyrrole nitrogens is 1. The Morgan fingerprint density at radius 1 is 1.27 bits per heavy atom. The van der Waals surface area contributed by atoms with E-state index in [-0.39, 0.29) is 12.1 Å². The number of carbonyl (C=O) groups excluding carboxylic acids is 1.